The molecule has 1 amide bonds. The molecule has 0 saturated heterocycles. The number of aromatic amines is 3. The monoisotopic (exact) mass is 283 g/mol. The third-order valence-corrected chi connectivity index (χ3v) is 1.99. The van der Waals surface area contributed by atoms with Crippen LogP contribution in [-0.4, -0.2) is 25.8 Å². The fourth-order valence-corrected chi connectivity index (χ4v) is 1.03. The molecule has 2 rings (SSSR count). The number of hydrogen-bond acceptors (Lipinski definition) is 5. The summed E-state index contributed by atoms with van der Waals surface area (Å²) in [6, 6.07) is 0. The molecule has 0 aromatic carbocycles. The molecule has 0 aliphatic carbocycles. The van der Waals surface area contributed by atoms with Crippen LogP contribution in [0.25, 0.3) is 0 Å². The van der Waals surface area contributed by atoms with Crippen molar-refractivity contribution in [1.82, 2.24) is 19.9 Å². The Hall–Kier alpha value is -3.04. The highest BCUT2D eigenvalue weighted by Crippen LogP contribution is 1.86. The Bertz CT molecular complexity index is 791. The van der Waals surface area contributed by atoms with E-state index in [0.717, 1.165) is 6.20 Å². The predicted octanol–water partition coefficient (Wildman–Crippen LogP) is -1.62. The SMILES string of the molecule is Cc1c[nH]c(=O)[nH]c1=O.NC(=O)c1nc(F)c[nH]c1=O. The highest BCUT2D eigenvalue weighted by Gasteiger charge is 2.08. The normalized spacial score (nSPS) is 9.50. The number of halogens is 1. The van der Waals surface area contributed by atoms with Crippen molar-refractivity contribution < 1.29 is 9.18 Å². The van der Waals surface area contributed by atoms with Crippen molar-refractivity contribution in [2.45, 2.75) is 6.92 Å². The average molecular weight is 283 g/mol. The maximum absolute atomic E-state index is 12.2. The van der Waals surface area contributed by atoms with Gasteiger partial charge in [-0.2, -0.15) is 4.39 Å². The molecule has 2 aromatic rings. The van der Waals surface area contributed by atoms with E-state index in [1.807, 2.05) is 4.98 Å². The number of nitrogens with two attached hydrogens (primary N) is 1. The zero-order valence-electron chi connectivity index (χ0n) is 10.2. The number of nitrogens with one attached hydrogen (secondary N) is 3. The van der Waals surface area contributed by atoms with Crippen molar-refractivity contribution in [3.05, 3.63) is 60.8 Å². The molecule has 10 heteroatoms. The lowest BCUT2D eigenvalue weighted by Crippen LogP contribution is -2.25. The molecule has 20 heavy (non-hydrogen) atoms. The third kappa shape index (κ3) is 4.01. The van der Waals surface area contributed by atoms with Crippen LogP contribution in [0.15, 0.2) is 26.8 Å². The van der Waals surface area contributed by atoms with Crippen LogP contribution in [0.2, 0.25) is 0 Å². The zero-order valence-corrected chi connectivity index (χ0v) is 10.2. The molecule has 2 heterocycles. The van der Waals surface area contributed by atoms with Gasteiger partial charge in [-0.1, -0.05) is 0 Å². The van der Waals surface area contributed by atoms with Crippen LogP contribution < -0.4 is 22.5 Å². The van der Waals surface area contributed by atoms with Gasteiger partial charge < -0.3 is 15.7 Å². The largest absolute Gasteiger partial charge is 0.364 e. The molecule has 0 unspecified atom stereocenters. The molecule has 0 radical (unpaired) electrons. The topological polar surface area (TPSA) is 155 Å². The smallest absolute Gasteiger partial charge is 0.325 e. The van der Waals surface area contributed by atoms with Gasteiger partial charge in [-0.15, -0.1) is 0 Å². The summed E-state index contributed by atoms with van der Waals surface area (Å²) in [4.78, 5) is 51.2. The van der Waals surface area contributed by atoms with Crippen molar-refractivity contribution >= 4 is 5.91 Å². The number of nitrogens with zero attached hydrogens (tertiary/aromatic N) is 1. The van der Waals surface area contributed by atoms with E-state index in [-0.39, 0.29) is 5.56 Å². The van der Waals surface area contributed by atoms with E-state index >= 15 is 0 Å². The third-order valence-electron chi connectivity index (χ3n) is 1.99. The number of amides is 1. The Morgan fingerprint density at radius 3 is 2.30 bits per heavy atom. The maximum Gasteiger partial charge on any atom is 0.325 e. The molecule has 0 aliphatic heterocycles. The van der Waals surface area contributed by atoms with Crippen molar-refractivity contribution in [2.75, 3.05) is 0 Å². The lowest BCUT2D eigenvalue weighted by molar-refractivity contribution is 0.0992. The minimum Gasteiger partial charge on any atom is -0.364 e. The van der Waals surface area contributed by atoms with E-state index in [0.29, 0.717) is 5.56 Å². The predicted molar refractivity (Wildman–Crippen MR) is 65.8 cm³/mol. The van der Waals surface area contributed by atoms with Crippen LogP contribution in [0.1, 0.15) is 16.1 Å². The first-order chi connectivity index (χ1) is 9.31. The van der Waals surface area contributed by atoms with Gasteiger partial charge in [0, 0.05) is 11.8 Å². The Kier molecular flexibility index (Phi) is 4.67. The van der Waals surface area contributed by atoms with Crippen LogP contribution in [-0.2, 0) is 0 Å². The summed E-state index contributed by atoms with van der Waals surface area (Å²) in [6.45, 7) is 1.62. The van der Waals surface area contributed by atoms with Crippen LogP contribution in [0.4, 0.5) is 4.39 Å². The van der Waals surface area contributed by atoms with Gasteiger partial charge in [-0.3, -0.25) is 19.4 Å². The van der Waals surface area contributed by atoms with Gasteiger partial charge >= 0.3 is 5.69 Å². The lowest BCUT2D eigenvalue weighted by atomic mass is 10.4. The standard InChI is InChI=1S/C5H4FN3O2.C5H6N2O2/c6-2-1-8-5(11)3(9-2)4(7)10;1-3-2-6-5(9)7-4(3)8/h1H,(H2,7,10)(H,8,11);2H,1H3,(H2,6,7,8,9). The van der Waals surface area contributed by atoms with E-state index in [1.54, 1.807) is 6.92 Å². The number of carbonyl (C=O) groups excluding carboxylic acids is 1. The Morgan fingerprint density at radius 1 is 1.20 bits per heavy atom. The highest BCUT2D eigenvalue weighted by molar-refractivity contribution is 5.90. The molecule has 106 valence electrons. The second kappa shape index (κ2) is 6.22. The van der Waals surface area contributed by atoms with E-state index in [2.05, 4.69) is 15.0 Å². The van der Waals surface area contributed by atoms with Gasteiger partial charge in [0.1, 0.15) is 0 Å². The van der Waals surface area contributed by atoms with E-state index < -0.39 is 28.8 Å². The number of aryl methyl sites for hydroxylation is 1. The second-order valence-corrected chi connectivity index (χ2v) is 3.52. The van der Waals surface area contributed by atoms with Gasteiger partial charge in [0.25, 0.3) is 17.0 Å². The van der Waals surface area contributed by atoms with Gasteiger partial charge in [0.2, 0.25) is 5.95 Å². The molecule has 0 aliphatic rings. The summed E-state index contributed by atoms with van der Waals surface area (Å²) in [6.07, 6.45) is 2.12. The van der Waals surface area contributed by atoms with E-state index in [1.165, 1.54) is 6.20 Å². The first-order valence-corrected chi connectivity index (χ1v) is 5.15. The Morgan fingerprint density at radius 2 is 1.85 bits per heavy atom. The van der Waals surface area contributed by atoms with Crippen molar-refractivity contribution in [2.24, 2.45) is 5.73 Å². The molecule has 0 spiro atoms. The van der Waals surface area contributed by atoms with Crippen LogP contribution >= 0.6 is 0 Å². The summed E-state index contributed by atoms with van der Waals surface area (Å²) in [5, 5.41) is 0. The van der Waals surface area contributed by atoms with Crippen molar-refractivity contribution in [1.29, 1.82) is 0 Å². The fourth-order valence-electron chi connectivity index (χ4n) is 1.03. The molecular formula is C10H10FN5O4. The average Bonchev–Trinajstić information content (AvgIpc) is 2.38. The van der Waals surface area contributed by atoms with Gasteiger partial charge in [-0.25, -0.2) is 9.78 Å². The molecular weight excluding hydrogens is 273 g/mol. The van der Waals surface area contributed by atoms with E-state index in [9.17, 15) is 23.6 Å². The van der Waals surface area contributed by atoms with Crippen LogP contribution in [0, 0.1) is 12.9 Å². The number of H-pyrrole nitrogens is 3. The lowest BCUT2D eigenvalue weighted by Gasteiger charge is -1.91. The maximum atomic E-state index is 12.2. The minimum absolute atomic E-state index is 0.334. The quantitative estimate of drug-likeness (QED) is 0.495. The van der Waals surface area contributed by atoms with Gasteiger partial charge in [0.15, 0.2) is 5.69 Å². The number of carbonyl (C=O) groups is 1. The van der Waals surface area contributed by atoms with Crippen LogP contribution in [0.5, 0.6) is 0 Å². The summed E-state index contributed by atoms with van der Waals surface area (Å²) in [7, 11) is 0. The number of aromatic nitrogens is 4. The van der Waals surface area contributed by atoms with Crippen LogP contribution in [0.3, 0.4) is 0 Å². The molecule has 5 N–H and O–H groups in total. The van der Waals surface area contributed by atoms with Gasteiger partial charge in [0.05, 0.1) is 6.20 Å². The van der Waals surface area contributed by atoms with E-state index in [4.69, 9.17) is 5.73 Å². The summed E-state index contributed by atoms with van der Waals surface area (Å²) >= 11 is 0. The fraction of sp³-hybridized carbons (Fsp3) is 0.100. The first kappa shape index (κ1) is 15.0. The van der Waals surface area contributed by atoms with Gasteiger partial charge in [-0.05, 0) is 6.92 Å². The molecule has 0 bridgehead atoms. The molecule has 0 atom stereocenters. The minimum atomic E-state index is -1.05. The number of hydrogen-bond donors (Lipinski definition) is 4. The molecule has 0 saturated carbocycles. The Labute approximate surface area is 109 Å². The summed E-state index contributed by atoms with van der Waals surface area (Å²) < 4.78 is 12.2. The van der Waals surface area contributed by atoms with Crippen molar-refractivity contribution in [3.8, 4) is 0 Å². The number of primary amides is 1. The first-order valence-electron chi connectivity index (χ1n) is 5.15. The highest BCUT2D eigenvalue weighted by atomic mass is 19.1. The van der Waals surface area contributed by atoms with Crippen molar-refractivity contribution in [3.63, 3.8) is 0 Å². The number of rotatable bonds is 1. The zero-order chi connectivity index (χ0) is 15.3. The Balaban J connectivity index is 0.000000204. The summed E-state index contributed by atoms with van der Waals surface area (Å²) in [5.41, 5.74) is 2.99. The summed E-state index contributed by atoms with van der Waals surface area (Å²) in [5.74, 6) is -2.00. The molecule has 2 aromatic heterocycles. The molecule has 9 nitrogen and oxygen atoms in total. The molecule has 0 fully saturated rings. The second-order valence-electron chi connectivity index (χ2n) is 3.52.